The lowest BCUT2D eigenvalue weighted by Gasteiger charge is -2.12. The largest absolute Gasteiger partial charge is 0.493 e. The normalized spacial score (nSPS) is 24.2. The van der Waals surface area contributed by atoms with Crippen LogP contribution in [0.2, 0.25) is 0 Å². The first-order chi connectivity index (χ1) is 8.15. The van der Waals surface area contributed by atoms with E-state index in [0.717, 1.165) is 24.8 Å². The second-order valence-corrected chi connectivity index (χ2v) is 5.58. The second-order valence-electron chi connectivity index (χ2n) is 5.58. The Morgan fingerprint density at radius 2 is 2.00 bits per heavy atom. The highest BCUT2D eigenvalue weighted by Crippen LogP contribution is 2.27. The van der Waals surface area contributed by atoms with Crippen molar-refractivity contribution in [3.8, 4) is 5.75 Å². The van der Waals surface area contributed by atoms with E-state index in [1.165, 1.54) is 12.0 Å². The Hall–Kier alpha value is -1.02. The van der Waals surface area contributed by atoms with Crippen molar-refractivity contribution in [1.82, 2.24) is 5.32 Å². The summed E-state index contributed by atoms with van der Waals surface area (Å²) < 4.78 is 5.69. The zero-order valence-electron chi connectivity index (χ0n) is 11.1. The molecule has 0 spiro atoms. The number of benzene rings is 1. The molecule has 1 aromatic rings. The van der Waals surface area contributed by atoms with E-state index in [2.05, 4.69) is 50.4 Å². The van der Waals surface area contributed by atoms with Crippen molar-refractivity contribution in [2.24, 2.45) is 11.8 Å². The van der Waals surface area contributed by atoms with Crippen molar-refractivity contribution in [2.45, 2.75) is 33.2 Å². The standard InChI is InChI=1S/C15H23NO/c1-11(2)10-17-14-6-4-13(5-7-14)15-8-12(3)9-16-15/h4-7,11-12,15-16H,8-10H2,1-3H3/t12-,15-/m1/s1. The van der Waals surface area contributed by atoms with Crippen molar-refractivity contribution in [1.29, 1.82) is 0 Å². The predicted octanol–water partition coefficient (Wildman–Crippen LogP) is 3.39. The molecule has 2 nitrogen and oxygen atoms in total. The summed E-state index contributed by atoms with van der Waals surface area (Å²) in [5.74, 6) is 2.34. The molecule has 1 saturated heterocycles. The molecule has 1 heterocycles. The maximum atomic E-state index is 5.69. The second kappa shape index (κ2) is 5.54. The number of ether oxygens (including phenoxy) is 1. The zero-order valence-corrected chi connectivity index (χ0v) is 11.1. The number of hydrogen-bond donors (Lipinski definition) is 1. The highest BCUT2D eigenvalue weighted by molar-refractivity contribution is 5.29. The third-order valence-corrected chi connectivity index (χ3v) is 3.22. The number of hydrogen-bond acceptors (Lipinski definition) is 2. The third-order valence-electron chi connectivity index (χ3n) is 3.22. The lowest BCUT2D eigenvalue weighted by molar-refractivity contribution is 0.271. The molecule has 2 rings (SSSR count). The van der Waals surface area contributed by atoms with Gasteiger partial charge in [-0.25, -0.2) is 0 Å². The predicted molar refractivity (Wildman–Crippen MR) is 71.3 cm³/mol. The summed E-state index contributed by atoms with van der Waals surface area (Å²) in [7, 11) is 0. The Morgan fingerprint density at radius 3 is 2.53 bits per heavy atom. The van der Waals surface area contributed by atoms with Gasteiger partial charge in [-0.15, -0.1) is 0 Å². The fourth-order valence-corrected chi connectivity index (χ4v) is 2.23. The topological polar surface area (TPSA) is 21.3 Å². The van der Waals surface area contributed by atoms with Gasteiger partial charge in [0.05, 0.1) is 6.61 Å². The molecule has 0 amide bonds. The van der Waals surface area contributed by atoms with Gasteiger partial charge in [-0.05, 0) is 42.5 Å². The van der Waals surface area contributed by atoms with Crippen molar-refractivity contribution >= 4 is 0 Å². The van der Waals surface area contributed by atoms with Gasteiger partial charge in [0.2, 0.25) is 0 Å². The van der Waals surface area contributed by atoms with Gasteiger partial charge in [0.1, 0.15) is 5.75 Å². The molecular formula is C15H23NO. The molecule has 1 aliphatic heterocycles. The molecule has 1 fully saturated rings. The van der Waals surface area contributed by atoms with E-state index in [9.17, 15) is 0 Å². The summed E-state index contributed by atoms with van der Waals surface area (Å²) in [6.45, 7) is 8.55. The molecule has 0 aliphatic carbocycles. The van der Waals surface area contributed by atoms with Gasteiger partial charge in [-0.2, -0.15) is 0 Å². The summed E-state index contributed by atoms with van der Waals surface area (Å²) in [4.78, 5) is 0. The zero-order chi connectivity index (χ0) is 12.3. The first kappa shape index (κ1) is 12.4. The van der Waals surface area contributed by atoms with Crippen LogP contribution in [-0.4, -0.2) is 13.2 Å². The Bertz CT molecular complexity index is 344. The minimum Gasteiger partial charge on any atom is -0.493 e. The Morgan fingerprint density at radius 1 is 1.29 bits per heavy atom. The fraction of sp³-hybridized carbons (Fsp3) is 0.600. The quantitative estimate of drug-likeness (QED) is 0.860. The summed E-state index contributed by atoms with van der Waals surface area (Å²) in [5, 5.41) is 3.55. The van der Waals surface area contributed by atoms with Crippen LogP contribution in [-0.2, 0) is 0 Å². The summed E-state index contributed by atoms with van der Waals surface area (Å²) in [5.41, 5.74) is 1.38. The van der Waals surface area contributed by atoms with Crippen LogP contribution in [0.3, 0.4) is 0 Å². The van der Waals surface area contributed by atoms with Crippen molar-refractivity contribution in [3.05, 3.63) is 29.8 Å². The minimum atomic E-state index is 0.532. The van der Waals surface area contributed by atoms with Crippen molar-refractivity contribution in [2.75, 3.05) is 13.2 Å². The van der Waals surface area contributed by atoms with Crippen LogP contribution in [0.25, 0.3) is 0 Å². The minimum absolute atomic E-state index is 0.532. The van der Waals surface area contributed by atoms with E-state index in [1.54, 1.807) is 0 Å². The molecule has 0 saturated carbocycles. The molecule has 0 aromatic heterocycles. The monoisotopic (exact) mass is 233 g/mol. The van der Waals surface area contributed by atoms with Gasteiger partial charge < -0.3 is 10.1 Å². The van der Waals surface area contributed by atoms with Crippen LogP contribution in [0.5, 0.6) is 5.75 Å². The highest BCUT2D eigenvalue weighted by atomic mass is 16.5. The fourth-order valence-electron chi connectivity index (χ4n) is 2.23. The SMILES string of the molecule is CC(C)COc1ccc([C@H]2C[C@@H](C)CN2)cc1. The first-order valence-electron chi connectivity index (χ1n) is 6.61. The summed E-state index contributed by atoms with van der Waals surface area (Å²) in [6.07, 6.45) is 1.24. The van der Waals surface area contributed by atoms with Gasteiger partial charge in [-0.3, -0.25) is 0 Å². The summed E-state index contributed by atoms with van der Waals surface area (Å²) >= 11 is 0. The van der Waals surface area contributed by atoms with E-state index in [-0.39, 0.29) is 0 Å². The molecule has 0 unspecified atom stereocenters. The van der Waals surface area contributed by atoms with Gasteiger partial charge in [0.15, 0.2) is 0 Å². The number of rotatable bonds is 4. The average molecular weight is 233 g/mol. The molecule has 2 heteroatoms. The van der Waals surface area contributed by atoms with E-state index < -0.39 is 0 Å². The molecule has 94 valence electrons. The van der Waals surface area contributed by atoms with Crippen LogP contribution in [0.1, 0.15) is 38.8 Å². The Labute approximate surface area is 104 Å². The highest BCUT2D eigenvalue weighted by Gasteiger charge is 2.21. The maximum Gasteiger partial charge on any atom is 0.119 e. The van der Waals surface area contributed by atoms with Gasteiger partial charge >= 0.3 is 0 Å². The molecule has 1 aliphatic rings. The Kier molecular flexibility index (Phi) is 4.06. The molecule has 1 N–H and O–H groups in total. The van der Waals surface area contributed by atoms with Gasteiger partial charge in [0, 0.05) is 6.04 Å². The van der Waals surface area contributed by atoms with Crippen LogP contribution < -0.4 is 10.1 Å². The maximum absolute atomic E-state index is 5.69. The summed E-state index contributed by atoms with van der Waals surface area (Å²) in [6, 6.07) is 9.07. The van der Waals surface area contributed by atoms with Gasteiger partial charge in [0.25, 0.3) is 0 Å². The van der Waals surface area contributed by atoms with Crippen LogP contribution >= 0.6 is 0 Å². The van der Waals surface area contributed by atoms with Crippen LogP contribution in [0.15, 0.2) is 24.3 Å². The average Bonchev–Trinajstić information content (AvgIpc) is 2.74. The van der Waals surface area contributed by atoms with Crippen LogP contribution in [0, 0.1) is 11.8 Å². The van der Waals surface area contributed by atoms with E-state index in [0.29, 0.717) is 12.0 Å². The van der Waals surface area contributed by atoms with E-state index >= 15 is 0 Å². The Balaban J connectivity index is 1.93. The van der Waals surface area contributed by atoms with E-state index in [1.807, 2.05) is 0 Å². The van der Waals surface area contributed by atoms with Crippen LogP contribution in [0.4, 0.5) is 0 Å². The molecular weight excluding hydrogens is 210 g/mol. The third kappa shape index (κ3) is 3.47. The van der Waals surface area contributed by atoms with E-state index in [4.69, 9.17) is 4.74 Å². The lowest BCUT2D eigenvalue weighted by Crippen LogP contribution is -2.13. The molecule has 0 bridgehead atoms. The van der Waals surface area contributed by atoms with Gasteiger partial charge in [-0.1, -0.05) is 32.9 Å². The number of nitrogens with one attached hydrogen (secondary N) is 1. The van der Waals surface area contributed by atoms with Crippen molar-refractivity contribution in [3.63, 3.8) is 0 Å². The molecule has 0 radical (unpaired) electrons. The smallest absolute Gasteiger partial charge is 0.119 e. The molecule has 1 aromatic carbocycles. The van der Waals surface area contributed by atoms with Crippen molar-refractivity contribution < 1.29 is 4.74 Å². The molecule has 17 heavy (non-hydrogen) atoms. The first-order valence-corrected chi connectivity index (χ1v) is 6.61. The molecule has 2 atom stereocenters. The lowest BCUT2D eigenvalue weighted by atomic mass is 10.0.